The minimum atomic E-state index is -0.0741. The van der Waals surface area contributed by atoms with Crippen LogP contribution >= 0.6 is 0 Å². The van der Waals surface area contributed by atoms with Gasteiger partial charge in [-0.3, -0.25) is 14.6 Å². The van der Waals surface area contributed by atoms with Gasteiger partial charge in [0.15, 0.2) is 6.17 Å². The summed E-state index contributed by atoms with van der Waals surface area (Å²) in [5.74, 6) is 0.343. The Balaban J connectivity index is 2.03. The number of aliphatic imine (C=N–C) groups is 1. The molecule has 0 aromatic rings. The van der Waals surface area contributed by atoms with E-state index in [1.54, 1.807) is 12.2 Å². The number of hydroxylamine groups is 2. The molecular formula is C13H17N3O2. The predicted octanol–water partition coefficient (Wildman–Crippen LogP) is 0.999. The van der Waals surface area contributed by atoms with Crippen molar-refractivity contribution in [3.8, 4) is 0 Å². The summed E-state index contributed by atoms with van der Waals surface area (Å²) in [4.78, 5) is 21.5. The van der Waals surface area contributed by atoms with Crippen LogP contribution in [-0.2, 0) is 9.63 Å². The molecule has 1 saturated heterocycles. The van der Waals surface area contributed by atoms with E-state index in [-0.39, 0.29) is 24.0 Å². The van der Waals surface area contributed by atoms with Crippen LogP contribution in [0.25, 0.3) is 0 Å². The first-order chi connectivity index (χ1) is 8.70. The maximum absolute atomic E-state index is 11.6. The minimum Gasteiger partial charge on any atom is -0.352 e. The second kappa shape index (κ2) is 4.24. The molecule has 3 aliphatic heterocycles. The highest BCUT2D eigenvalue weighted by molar-refractivity contribution is 5.81. The van der Waals surface area contributed by atoms with Crippen LogP contribution in [0.15, 0.2) is 28.4 Å². The zero-order valence-electron chi connectivity index (χ0n) is 10.6. The molecule has 0 aromatic heterocycles. The van der Waals surface area contributed by atoms with Crippen molar-refractivity contribution in [1.29, 1.82) is 0 Å². The molecule has 0 aliphatic carbocycles. The number of dihydropyridines is 1. The largest absolute Gasteiger partial charge is 0.352 e. The van der Waals surface area contributed by atoms with E-state index in [0.29, 0.717) is 6.42 Å². The van der Waals surface area contributed by atoms with Gasteiger partial charge in [-0.25, -0.2) is 5.06 Å². The van der Waals surface area contributed by atoms with Crippen LogP contribution < -0.4 is 5.32 Å². The van der Waals surface area contributed by atoms with Crippen molar-refractivity contribution in [3.63, 3.8) is 0 Å². The van der Waals surface area contributed by atoms with Crippen molar-refractivity contribution in [1.82, 2.24) is 10.4 Å². The Kier molecular flexibility index (Phi) is 2.70. The van der Waals surface area contributed by atoms with Gasteiger partial charge >= 0.3 is 0 Å². The van der Waals surface area contributed by atoms with Gasteiger partial charge in [-0.2, -0.15) is 0 Å². The first-order valence-electron chi connectivity index (χ1n) is 6.24. The van der Waals surface area contributed by atoms with Crippen molar-refractivity contribution < 1.29 is 9.63 Å². The molecule has 1 fully saturated rings. The lowest BCUT2D eigenvalue weighted by atomic mass is 9.77. The lowest BCUT2D eigenvalue weighted by molar-refractivity contribution is -0.126. The van der Waals surface area contributed by atoms with Crippen molar-refractivity contribution in [3.05, 3.63) is 23.4 Å². The van der Waals surface area contributed by atoms with Crippen LogP contribution in [0.2, 0.25) is 0 Å². The first-order valence-corrected chi connectivity index (χ1v) is 6.24. The lowest BCUT2D eigenvalue weighted by Crippen LogP contribution is -2.51. The zero-order chi connectivity index (χ0) is 12.7. The number of rotatable bonds is 1. The standard InChI is InChI=1S/C13H17N3O2/c1-8-12-9(6-11(17)15-8)7-16(18-2)13-10(12)4-3-5-14-13/h4-5,7-8,12-13H,3,6H2,1-2H3,(H,15,17). The molecule has 1 amide bonds. The van der Waals surface area contributed by atoms with E-state index in [9.17, 15) is 4.79 Å². The smallest absolute Gasteiger partial charge is 0.224 e. The summed E-state index contributed by atoms with van der Waals surface area (Å²) in [5.41, 5.74) is 2.36. The molecule has 3 rings (SSSR count). The third-order valence-electron chi connectivity index (χ3n) is 3.76. The Hall–Kier alpha value is -1.62. The average Bonchev–Trinajstić information content (AvgIpc) is 2.36. The fraction of sp³-hybridized carbons (Fsp3) is 0.538. The van der Waals surface area contributed by atoms with Crippen LogP contribution in [0.1, 0.15) is 19.8 Å². The number of hydrogen-bond acceptors (Lipinski definition) is 4. The van der Waals surface area contributed by atoms with E-state index in [1.807, 2.05) is 19.3 Å². The van der Waals surface area contributed by atoms with Gasteiger partial charge in [0.25, 0.3) is 0 Å². The molecule has 0 spiro atoms. The highest BCUT2D eigenvalue weighted by Crippen LogP contribution is 2.39. The van der Waals surface area contributed by atoms with Gasteiger partial charge in [0, 0.05) is 30.8 Å². The average molecular weight is 247 g/mol. The summed E-state index contributed by atoms with van der Waals surface area (Å²) >= 11 is 0. The molecule has 96 valence electrons. The van der Waals surface area contributed by atoms with Gasteiger partial charge in [-0.1, -0.05) is 6.08 Å². The highest BCUT2D eigenvalue weighted by Gasteiger charge is 2.41. The molecule has 18 heavy (non-hydrogen) atoms. The van der Waals surface area contributed by atoms with Gasteiger partial charge in [0.2, 0.25) is 5.91 Å². The maximum Gasteiger partial charge on any atom is 0.224 e. The molecule has 3 unspecified atom stereocenters. The third kappa shape index (κ3) is 1.66. The Morgan fingerprint density at radius 3 is 3.17 bits per heavy atom. The second-order valence-corrected chi connectivity index (χ2v) is 4.90. The predicted molar refractivity (Wildman–Crippen MR) is 67.6 cm³/mol. The van der Waals surface area contributed by atoms with Gasteiger partial charge in [0.1, 0.15) is 0 Å². The van der Waals surface area contributed by atoms with E-state index in [0.717, 1.165) is 12.0 Å². The summed E-state index contributed by atoms with van der Waals surface area (Å²) in [5, 5.41) is 4.75. The van der Waals surface area contributed by atoms with E-state index in [1.165, 1.54) is 5.57 Å². The minimum absolute atomic E-state index is 0.0741. The van der Waals surface area contributed by atoms with Gasteiger partial charge < -0.3 is 5.32 Å². The van der Waals surface area contributed by atoms with Crippen molar-refractivity contribution in [2.24, 2.45) is 10.9 Å². The number of carbonyl (C=O) groups excluding carboxylic acids is 1. The van der Waals surface area contributed by atoms with E-state index in [4.69, 9.17) is 4.84 Å². The van der Waals surface area contributed by atoms with E-state index >= 15 is 0 Å². The first kappa shape index (κ1) is 11.5. The van der Waals surface area contributed by atoms with Crippen molar-refractivity contribution >= 4 is 12.1 Å². The Labute approximate surface area is 106 Å². The fourth-order valence-corrected chi connectivity index (χ4v) is 3.06. The summed E-state index contributed by atoms with van der Waals surface area (Å²) in [6.45, 7) is 2.05. The topological polar surface area (TPSA) is 53.9 Å². The molecule has 5 nitrogen and oxygen atoms in total. The molecule has 0 aromatic carbocycles. The molecule has 3 aliphatic rings. The van der Waals surface area contributed by atoms with E-state index in [2.05, 4.69) is 16.4 Å². The van der Waals surface area contributed by atoms with Crippen LogP contribution in [0.4, 0.5) is 0 Å². The van der Waals surface area contributed by atoms with Crippen LogP contribution in [0, 0.1) is 5.92 Å². The zero-order valence-corrected chi connectivity index (χ0v) is 10.6. The molecule has 0 bridgehead atoms. The number of fused-ring (bicyclic) bond motifs is 3. The summed E-state index contributed by atoms with van der Waals surface area (Å²) in [7, 11) is 1.63. The molecule has 0 saturated carbocycles. The van der Waals surface area contributed by atoms with E-state index < -0.39 is 0 Å². The lowest BCUT2D eigenvalue weighted by Gasteiger charge is -2.43. The van der Waals surface area contributed by atoms with Gasteiger partial charge in [-0.15, -0.1) is 0 Å². The molecule has 5 heteroatoms. The number of hydrogen-bond donors (Lipinski definition) is 1. The Morgan fingerprint density at radius 2 is 2.39 bits per heavy atom. The van der Waals surface area contributed by atoms with Crippen LogP contribution in [0.5, 0.6) is 0 Å². The molecular weight excluding hydrogens is 230 g/mol. The number of nitrogens with one attached hydrogen (secondary N) is 1. The SMILES string of the molecule is CON1C=C2CC(=O)NC(C)C2C2=CCC=NC21. The Bertz CT molecular complexity index is 467. The normalized spacial score (nSPS) is 34.2. The number of piperidine rings is 1. The highest BCUT2D eigenvalue weighted by atomic mass is 16.7. The Morgan fingerprint density at radius 1 is 1.56 bits per heavy atom. The molecule has 3 heterocycles. The number of allylic oxidation sites excluding steroid dienone is 1. The monoisotopic (exact) mass is 247 g/mol. The molecule has 1 N–H and O–H groups in total. The van der Waals surface area contributed by atoms with Crippen LogP contribution in [-0.4, -0.2) is 36.5 Å². The van der Waals surface area contributed by atoms with Gasteiger partial charge in [-0.05, 0) is 18.1 Å². The van der Waals surface area contributed by atoms with Gasteiger partial charge in [0.05, 0.1) is 13.5 Å². The summed E-state index contributed by atoms with van der Waals surface area (Å²) in [6, 6.07) is 0.124. The third-order valence-corrected chi connectivity index (χ3v) is 3.76. The summed E-state index contributed by atoms with van der Waals surface area (Å²) in [6.07, 6.45) is 7.27. The van der Waals surface area contributed by atoms with Crippen molar-refractivity contribution in [2.75, 3.05) is 7.11 Å². The second-order valence-electron chi connectivity index (χ2n) is 4.90. The molecule has 3 atom stereocenters. The van der Waals surface area contributed by atoms with Crippen LogP contribution in [0.3, 0.4) is 0 Å². The number of nitrogens with zero attached hydrogens (tertiary/aromatic N) is 2. The van der Waals surface area contributed by atoms with Crippen molar-refractivity contribution in [2.45, 2.75) is 32.0 Å². The molecule has 0 radical (unpaired) electrons. The summed E-state index contributed by atoms with van der Waals surface area (Å²) < 4.78 is 0. The number of amides is 1. The number of carbonyl (C=O) groups is 1. The maximum atomic E-state index is 11.6. The quantitative estimate of drug-likeness (QED) is 0.703. The fourth-order valence-electron chi connectivity index (χ4n) is 3.06.